The van der Waals surface area contributed by atoms with Crippen LogP contribution in [0.4, 0.5) is 0 Å². The third kappa shape index (κ3) is 4.40. The zero-order valence-corrected chi connectivity index (χ0v) is 11.0. The van der Waals surface area contributed by atoms with Crippen LogP contribution in [0, 0.1) is 11.8 Å². The van der Waals surface area contributed by atoms with Gasteiger partial charge in [-0.1, -0.05) is 13.8 Å². The maximum absolute atomic E-state index is 11.2. The molecule has 0 aromatic carbocycles. The van der Waals surface area contributed by atoms with Crippen LogP contribution in [0.5, 0.6) is 0 Å². The average molecular weight is 256 g/mol. The molecule has 0 aliphatic carbocycles. The molecule has 0 aliphatic heterocycles. The molecule has 0 fully saturated rings. The van der Waals surface area contributed by atoms with E-state index in [4.69, 9.17) is 4.74 Å². The highest BCUT2D eigenvalue weighted by atomic mass is 16.5. The predicted octanol–water partition coefficient (Wildman–Crippen LogP) is 0.956. The third-order valence-corrected chi connectivity index (χ3v) is 2.54. The van der Waals surface area contributed by atoms with Crippen LogP contribution >= 0.6 is 0 Å². The van der Waals surface area contributed by atoms with Crippen molar-refractivity contribution in [2.75, 3.05) is 6.61 Å². The lowest BCUT2D eigenvalue weighted by molar-refractivity contribution is -0.142. The van der Waals surface area contributed by atoms with Gasteiger partial charge in [0, 0.05) is 6.61 Å². The Hall–Kier alpha value is -1.50. The van der Waals surface area contributed by atoms with Crippen molar-refractivity contribution < 1.29 is 14.6 Å². The van der Waals surface area contributed by atoms with Crippen LogP contribution < -0.4 is 0 Å². The highest BCUT2D eigenvalue weighted by Gasteiger charge is 2.21. The van der Waals surface area contributed by atoms with Crippen LogP contribution in [-0.4, -0.2) is 37.9 Å². The zero-order chi connectivity index (χ0) is 13.5. The number of aromatic nitrogens is 4. The van der Waals surface area contributed by atoms with Crippen LogP contribution in [0.1, 0.15) is 33.0 Å². The molecule has 1 atom stereocenters. The minimum atomic E-state index is -0.818. The summed E-state index contributed by atoms with van der Waals surface area (Å²) in [5.41, 5.74) is 0. The van der Waals surface area contributed by atoms with Gasteiger partial charge >= 0.3 is 5.97 Å². The Labute approximate surface area is 106 Å². The van der Waals surface area contributed by atoms with E-state index < -0.39 is 11.9 Å². The first-order valence-electron chi connectivity index (χ1n) is 6.10. The molecule has 0 bridgehead atoms. The summed E-state index contributed by atoms with van der Waals surface area (Å²) in [6.07, 6.45) is 0.600. The van der Waals surface area contributed by atoms with Gasteiger partial charge in [0.1, 0.15) is 6.61 Å². The zero-order valence-electron chi connectivity index (χ0n) is 11.0. The van der Waals surface area contributed by atoms with Gasteiger partial charge in [0.25, 0.3) is 0 Å². The van der Waals surface area contributed by atoms with E-state index in [-0.39, 0.29) is 6.54 Å². The van der Waals surface area contributed by atoms with E-state index in [0.29, 0.717) is 31.4 Å². The van der Waals surface area contributed by atoms with E-state index in [1.54, 1.807) is 0 Å². The summed E-state index contributed by atoms with van der Waals surface area (Å²) < 4.78 is 6.74. The number of hydrogen-bond acceptors (Lipinski definition) is 5. The molecule has 7 heteroatoms. The van der Waals surface area contributed by atoms with Crippen LogP contribution in [0.3, 0.4) is 0 Å². The SMILES string of the molecule is CCOCc1nnnn1CC(CC(C)C)C(=O)O. The van der Waals surface area contributed by atoms with E-state index >= 15 is 0 Å². The molecule has 0 spiro atoms. The number of hydrogen-bond donors (Lipinski definition) is 1. The summed E-state index contributed by atoms with van der Waals surface area (Å²) in [6.45, 7) is 7.03. The van der Waals surface area contributed by atoms with Crippen molar-refractivity contribution in [3.63, 3.8) is 0 Å². The molecule has 0 saturated heterocycles. The van der Waals surface area contributed by atoms with E-state index in [1.807, 2.05) is 20.8 Å². The van der Waals surface area contributed by atoms with Crippen LogP contribution in [-0.2, 0) is 22.7 Å². The van der Waals surface area contributed by atoms with E-state index in [9.17, 15) is 9.90 Å². The molecule has 18 heavy (non-hydrogen) atoms. The summed E-state index contributed by atoms with van der Waals surface area (Å²) in [7, 11) is 0. The largest absolute Gasteiger partial charge is 0.481 e. The van der Waals surface area contributed by atoms with Gasteiger partial charge in [-0.15, -0.1) is 5.10 Å². The van der Waals surface area contributed by atoms with Crippen molar-refractivity contribution in [3.05, 3.63) is 5.82 Å². The normalized spacial score (nSPS) is 12.9. The van der Waals surface area contributed by atoms with Gasteiger partial charge in [0.15, 0.2) is 5.82 Å². The molecule has 0 saturated carbocycles. The Morgan fingerprint density at radius 3 is 2.78 bits per heavy atom. The van der Waals surface area contributed by atoms with Crippen molar-refractivity contribution in [2.24, 2.45) is 11.8 Å². The minimum absolute atomic E-state index is 0.281. The van der Waals surface area contributed by atoms with Crippen LogP contribution in [0.25, 0.3) is 0 Å². The van der Waals surface area contributed by atoms with Gasteiger partial charge in [-0.25, -0.2) is 4.68 Å². The topological polar surface area (TPSA) is 90.1 Å². The second-order valence-electron chi connectivity index (χ2n) is 4.58. The molecule has 1 aromatic heterocycles. The first-order valence-corrected chi connectivity index (χ1v) is 6.10. The maximum Gasteiger partial charge on any atom is 0.308 e. The summed E-state index contributed by atoms with van der Waals surface area (Å²) in [4.78, 5) is 11.2. The van der Waals surface area contributed by atoms with Crippen LogP contribution in [0.2, 0.25) is 0 Å². The molecule has 0 amide bonds. The van der Waals surface area contributed by atoms with Crippen LogP contribution in [0.15, 0.2) is 0 Å². The van der Waals surface area contributed by atoms with Gasteiger partial charge in [-0.2, -0.15) is 0 Å². The highest BCUT2D eigenvalue weighted by molar-refractivity contribution is 5.69. The molecule has 1 rings (SSSR count). The first kappa shape index (κ1) is 14.6. The van der Waals surface area contributed by atoms with Gasteiger partial charge < -0.3 is 9.84 Å². The fraction of sp³-hybridized carbons (Fsp3) is 0.818. The standard InChI is InChI=1S/C11H20N4O3/c1-4-18-7-10-12-13-14-15(10)6-9(11(16)17)5-8(2)3/h8-9H,4-7H2,1-3H3,(H,16,17). The van der Waals surface area contributed by atoms with Gasteiger partial charge in [-0.3, -0.25) is 4.79 Å². The fourth-order valence-electron chi connectivity index (χ4n) is 1.69. The average Bonchev–Trinajstić information content (AvgIpc) is 2.72. The molecule has 1 aromatic rings. The molecule has 0 aliphatic rings. The molecule has 7 nitrogen and oxygen atoms in total. The Morgan fingerprint density at radius 1 is 1.50 bits per heavy atom. The number of aliphatic carboxylic acids is 1. The molecule has 1 heterocycles. The van der Waals surface area contributed by atoms with E-state index in [1.165, 1.54) is 4.68 Å². The third-order valence-electron chi connectivity index (χ3n) is 2.54. The Bertz CT molecular complexity index is 378. The smallest absolute Gasteiger partial charge is 0.308 e. The van der Waals surface area contributed by atoms with Crippen molar-refractivity contribution in [2.45, 2.75) is 40.3 Å². The molecule has 1 unspecified atom stereocenters. The highest BCUT2D eigenvalue weighted by Crippen LogP contribution is 2.14. The van der Waals surface area contributed by atoms with Crippen molar-refractivity contribution in [3.8, 4) is 0 Å². The lowest BCUT2D eigenvalue weighted by Crippen LogP contribution is -2.24. The predicted molar refractivity (Wildman–Crippen MR) is 63.7 cm³/mol. The van der Waals surface area contributed by atoms with E-state index in [2.05, 4.69) is 15.5 Å². The van der Waals surface area contributed by atoms with Gasteiger partial charge in [-0.05, 0) is 29.7 Å². The van der Waals surface area contributed by atoms with Gasteiger partial charge in [0.2, 0.25) is 0 Å². The lowest BCUT2D eigenvalue weighted by Gasteiger charge is -2.15. The fourth-order valence-corrected chi connectivity index (χ4v) is 1.69. The second kappa shape index (κ2) is 7.05. The monoisotopic (exact) mass is 256 g/mol. The van der Waals surface area contributed by atoms with Gasteiger partial charge in [0.05, 0.1) is 12.5 Å². The number of carboxylic acids is 1. The Kier molecular flexibility index (Phi) is 5.70. The number of carbonyl (C=O) groups is 1. The summed E-state index contributed by atoms with van der Waals surface area (Å²) in [5, 5.41) is 20.4. The number of nitrogens with zero attached hydrogens (tertiary/aromatic N) is 4. The Balaban J connectivity index is 2.68. The van der Waals surface area contributed by atoms with Crippen molar-refractivity contribution >= 4 is 5.97 Å². The molecule has 0 radical (unpaired) electrons. The van der Waals surface area contributed by atoms with Crippen molar-refractivity contribution in [1.29, 1.82) is 0 Å². The summed E-state index contributed by atoms with van der Waals surface area (Å²) in [5.74, 6) is -0.416. The molecular weight excluding hydrogens is 236 g/mol. The molecule has 1 N–H and O–H groups in total. The molecular formula is C11H20N4O3. The number of ether oxygens (including phenoxy) is 1. The second-order valence-corrected chi connectivity index (χ2v) is 4.58. The maximum atomic E-state index is 11.2. The quantitative estimate of drug-likeness (QED) is 0.745. The summed E-state index contributed by atoms with van der Waals surface area (Å²) >= 11 is 0. The van der Waals surface area contributed by atoms with E-state index in [0.717, 1.165) is 0 Å². The minimum Gasteiger partial charge on any atom is -0.481 e. The lowest BCUT2D eigenvalue weighted by atomic mass is 9.97. The first-order chi connectivity index (χ1) is 8.54. The Morgan fingerprint density at radius 2 is 2.22 bits per heavy atom. The van der Waals surface area contributed by atoms with Crippen molar-refractivity contribution in [1.82, 2.24) is 20.2 Å². The molecule has 102 valence electrons. The number of carboxylic acid groups (broad SMARTS) is 1. The summed E-state index contributed by atoms with van der Waals surface area (Å²) in [6, 6.07) is 0. The number of rotatable bonds is 8. The number of tetrazole rings is 1.